The van der Waals surface area contributed by atoms with E-state index in [1.54, 1.807) is 0 Å². The Balaban J connectivity index is 2.41. The lowest BCUT2D eigenvalue weighted by molar-refractivity contribution is 0.602. The van der Waals surface area contributed by atoms with Gasteiger partial charge in [-0.25, -0.2) is 10.9 Å². The molecule has 1 heterocycles. The number of nitrogens with two attached hydrogens (primary N) is 1. The van der Waals surface area contributed by atoms with Crippen molar-refractivity contribution in [3.8, 4) is 0 Å². The largest absolute Gasteiger partial charge is 0.500 e. The predicted molar refractivity (Wildman–Crippen MR) is 50.8 cm³/mol. The first-order chi connectivity index (χ1) is 5.83. The van der Waals surface area contributed by atoms with Crippen LogP contribution in [0.5, 0.6) is 0 Å². The molecule has 0 fully saturated rings. The minimum absolute atomic E-state index is 0.220. The molecule has 1 aromatic rings. The molecule has 0 aromatic heterocycles. The molecule has 1 aliphatic rings. The Morgan fingerprint density at radius 3 is 2.92 bits per heavy atom. The van der Waals surface area contributed by atoms with Gasteiger partial charge in [0.15, 0.2) is 0 Å². The van der Waals surface area contributed by atoms with Gasteiger partial charge in [-0.15, -0.1) is 0 Å². The summed E-state index contributed by atoms with van der Waals surface area (Å²) < 4.78 is 10.4. The Morgan fingerprint density at radius 2 is 2.25 bits per heavy atom. The van der Waals surface area contributed by atoms with Gasteiger partial charge in [0.1, 0.15) is 0 Å². The molecule has 0 saturated carbocycles. The highest BCUT2D eigenvalue weighted by Gasteiger charge is 2.37. The van der Waals surface area contributed by atoms with Crippen molar-refractivity contribution < 1.29 is 4.21 Å². The third-order valence-corrected chi connectivity index (χ3v) is 3.62. The van der Waals surface area contributed by atoms with E-state index in [0.29, 0.717) is 11.7 Å². The molecule has 0 bridgehead atoms. The average Bonchev–Trinajstić information content (AvgIpc) is 2.44. The van der Waals surface area contributed by atoms with Crippen LogP contribution in [0.4, 0.5) is 5.69 Å². The third-order valence-electron chi connectivity index (χ3n) is 1.68. The number of thioether (sulfide) groups is 1. The summed E-state index contributed by atoms with van der Waals surface area (Å²) in [6.07, 6.45) is 0. The summed E-state index contributed by atoms with van der Waals surface area (Å²) in [6, 6.07) is 7.74. The Bertz CT molecular complexity index is 318. The van der Waals surface area contributed by atoms with Crippen molar-refractivity contribution in [2.24, 2.45) is 5.84 Å². The van der Waals surface area contributed by atoms with Crippen molar-refractivity contribution in [2.75, 3.05) is 5.01 Å². The maximum Gasteiger partial charge on any atom is 0.500 e. The zero-order valence-corrected chi connectivity index (χ0v) is 7.77. The number of para-hydroxylation sites is 1. The molecule has 12 heavy (non-hydrogen) atoms. The molecule has 0 saturated heterocycles. The number of hydrogen-bond donors (Lipinski definition) is 1. The highest BCUT2D eigenvalue weighted by Crippen LogP contribution is 2.40. The van der Waals surface area contributed by atoms with Gasteiger partial charge in [0.05, 0.1) is 5.69 Å². The van der Waals surface area contributed by atoms with E-state index in [-0.39, 0.29) is 4.71 Å². The maximum absolute atomic E-state index is 10.6. The fraction of sp³-hybridized carbons (Fsp3) is 0.143. The summed E-state index contributed by atoms with van der Waals surface area (Å²) >= 11 is 2.01. The summed E-state index contributed by atoms with van der Waals surface area (Å²) in [5.41, 5.74) is 0.941. The van der Waals surface area contributed by atoms with Crippen molar-refractivity contribution in [3.05, 3.63) is 24.3 Å². The lowest BCUT2D eigenvalue weighted by atomic mass is 10.3. The van der Waals surface area contributed by atoms with Gasteiger partial charge >= 0.3 is 16.4 Å². The van der Waals surface area contributed by atoms with Crippen molar-refractivity contribution in [1.82, 2.24) is 0 Å². The second kappa shape index (κ2) is 3.01. The molecular weight excluding hydrogens is 192 g/mol. The Kier molecular flexibility index (Phi) is 2.00. The van der Waals surface area contributed by atoms with Gasteiger partial charge in [-0.2, -0.15) is 0 Å². The van der Waals surface area contributed by atoms with Crippen LogP contribution in [0, 0.1) is 0 Å². The molecule has 1 unspecified atom stereocenters. The van der Waals surface area contributed by atoms with Gasteiger partial charge in [0.25, 0.3) is 0 Å². The normalized spacial score (nSPS) is 20.8. The van der Waals surface area contributed by atoms with Crippen LogP contribution in [0.1, 0.15) is 0 Å². The van der Waals surface area contributed by atoms with Gasteiger partial charge in [-0.3, -0.25) is 0 Å². The Hall–Kier alpha value is -0.650. The van der Waals surface area contributed by atoms with Gasteiger partial charge < -0.3 is 0 Å². The first-order valence-electron chi connectivity index (χ1n) is 3.41. The van der Waals surface area contributed by atoms with E-state index in [4.69, 9.17) is 5.84 Å². The fourth-order valence-corrected chi connectivity index (χ4v) is 2.69. The number of hydrazine groups is 1. The minimum atomic E-state index is -0.220. The van der Waals surface area contributed by atoms with Crippen LogP contribution < -0.4 is 10.9 Å². The van der Waals surface area contributed by atoms with E-state index in [9.17, 15) is 4.21 Å². The molecule has 0 radical (unpaired) electrons. The number of nitrogens with zero attached hydrogens (tertiary/aromatic N) is 1. The van der Waals surface area contributed by atoms with E-state index in [1.807, 2.05) is 24.3 Å². The van der Waals surface area contributed by atoms with Gasteiger partial charge in [-0.05, 0) is 23.9 Å². The van der Waals surface area contributed by atoms with E-state index in [1.165, 1.54) is 16.8 Å². The maximum atomic E-state index is 10.6. The number of rotatable bonds is 1. The summed E-state index contributed by atoms with van der Waals surface area (Å²) in [5, 5.41) is 1.51. The lowest BCUT2D eigenvalue weighted by Crippen LogP contribution is -2.35. The number of hydrogen-bond acceptors (Lipinski definition) is 4. The molecule has 1 aromatic carbocycles. The number of anilines is 1. The smallest absolute Gasteiger partial charge is 0.242 e. The SMILES string of the molecule is NN1c2ccccc2SC1[S+]=O. The Labute approximate surface area is 78.4 Å². The summed E-state index contributed by atoms with van der Waals surface area (Å²) in [7, 11) is 0. The highest BCUT2D eigenvalue weighted by molar-refractivity contribution is 8.07. The highest BCUT2D eigenvalue weighted by atomic mass is 32.2. The monoisotopic (exact) mass is 199 g/mol. The molecule has 5 heteroatoms. The van der Waals surface area contributed by atoms with Crippen molar-refractivity contribution >= 4 is 29.1 Å². The van der Waals surface area contributed by atoms with E-state index in [2.05, 4.69) is 0 Å². The summed E-state index contributed by atoms with van der Waals surface area (Å²) in [6.45, 7) is 0. The second-order valence-electron chi connectivity index (χ2n) is 2.40. The molecule has 1 aliphatic heterocycles. The zero-order chi connectivity index (χ0) is 8.55. The average molecular weight is 199 g/mol. The molecular formula is C7H7N2OS2+. The molecule has 2 rings (SSSR count). The van der Waals surface area contributed by atoms with Crippen LogP contribution in [0.25, 0.3) is 0 Å². The second-order valence-corrected chi connectivity index (χ2v) is 4.46. The molecule has 2 N–H and O–H groups in total. The molecule has 1 atom stereocenters. The molecule has 0 amide bonds. The number of benzene rings is 1. The first-order valence-corrected chi connectivity index (χ1v) is 5.09. The molecule has 62 valence electrons. The zero-order valence-electron chi connectivity index (χ0n) is 6.14. The summed E-state index contributed by atoms with van der Waals surface area (Å²) in [5.74, 6) is 5.69. The Morgan fingerprint density at radius 1 is 1.50 bits per heavy atom. The standard InChI is InChI=1S/C7H7N2OS2/c8-9-5-3-1-2-4-6(5)11-7(9)12-10/h1-4,7H,8H2/q+1. The van der Waals surface area contributed by atoms with Crippen LogP contribution in [-0.2, 0) is 15.9 Å². The lowest BCUT2D eigenvalue weighted by Gasteiger charge is -2.07. The minimum Gasteiger partial charge on any atom is -0.242 e. The summed E-state index contributed by atoms with van der Waals surface area (Å²) in [4.78, 5) is 1.08. The van der Waals surface area contributed by atoms with Gasteiger partial charge in [0.2, 0.25) is 0 Å². The van der Waals surface area contributed by atoms with Crippen LogP contribution >= 0.6 is 11.8 Å². The van der Waals surface area contributed by atoms with E-state index in [0.717, 1.165) is 10.6 Å². The van der Waals surface area contributed by atoms with Crippen LogP contribution in [0.15, 0.2) is 29.2 Å². The van der Waals surface area contributed by atoms with Crippen LogP contribution in [0.2, 0.25) is 0 Å². The first kappa shape index (κ1) is 7.97. The van der Waals surface area contributed by atoms with Crippen molar-refractivity contribution in [1.29, 1.82) is 0 Å². The van der Waals surface area contributed by atoms with Gasteiger partial charge in [0, 0.05) is 9.10 Å². The third kappa shape index (κ3) is 1.10. The predicted octanol–water partition coefficient (Wildman–Crippen LogP) is 1.18. The fourth-order valence-electron chi connectivity index (χ4n) is 1.12. The molecule has 0 spiro atoms. The molecule has 0 aliphatic carbocycles. The van der Waals surface area contributed by atoms with Crippen LogP contribution in [-0.4, -0.2) is 4.71 Å². The van der Waals surface area contributed by atoms with Crippen molar-refractivity contribution in [2.45, 2.75) is 9.60 Å². The quantitative estimate of drug-likeness (QED) is 0.545. The topological polar surface area (TPSA) is 46.3 Å². The number of fused-ring (bicyclic) bond motifs is 1. The van der Waals surface area contributed by atoms with E-state index >= 15 is 0 Å². The van der Waals surface area contributed by atoms with Gasteiger partial charge in [-0.1, -0.05) is 12.1 Å². The molecule has 3 nitrogen and oxygen atoms in total. The van der Waals surface area contributed by atoms with Crippen LogP contribution in [0.3, 0.4) is 0 Å². The van der Waals surface area contributed by atoms with E-state index < -0.39 is 0 Å². The van der Waals surface area contributed by atoms with Crippen molar-refractivity contribution in [3.63, 3.8) is 0 Å².